The van der Waals surface area contributed by atoms with Gasteiger partial charge in [-0.2, -0.15) is 0 Å². The molecule has 1 amide bonds. The molecule has 2 aliphatic rings. The average molecular weight is 311 g/mol. The standard InChI is InChI=1S/C18H17NO4/c1-11-7-8-16(22-2)14(9-11)19-17(20)13-10-12-5-3-4-6-15(12)23-18(13)21/h3-10,12,15H,1-2H3,(H,19,20). The molecule has 3 rings (SSSR count). The Morgan fingerprint density at radius 3 is 2.83 bits per heavy atom. The number of ether oxygens (including phenoxy) is 2. The third kappa shape index (κ3) is 3.04. The number of nitrogens with one attached hydrogen (secondary N) is 1. The van der Waals surface area contributed by atoms with Crippen LogP contribution in [0.3, 0.4) is 0 Å². The Labute approximate surface area is 134 Å². The first-order valence-corrected chi connectivity index (χ1v) is 7.32. The summed E-state index contributed by atoms with van der Waals surface area (Å²) in [6.07, 6.45) is 8.71. The summed E-state index contributed by atoms with van der Waals surface area (Å²) in [5.74, 6) is -0.694. The summed E-state index contributed by atoms with van der Waals surface area (Å²) in [4.78, 5) is 24.5. The van der Waals surface area contributed by atoms with Crippen LogP contribution in [-0.4, -0.2) is 25.1 Å². The first-order valence-electron chi connectivity index (χ1n) is 7.32. The molecule has 1 N–H and O–H groups in total. The fourth-order valence-corrected chi connectivity index (χ4v) is 2.60. The number of anilines is 1. The van der Waals surface area contributed by atoms with E-state index >= 15 is 0 Å². The van der Waals surface area contributed by atoms with E-state index in [0.717, 1.165) is 5.56 Å². The van der Waals surface area contributed by atoms with Gasteiger partial charge in [0, 0.05) is 5.92 Å². The highest BCUT2D eigenvalue weighted by Crippen LogP contribution is 2.28. The van der Waals surface area contributed by atoms with Crippen LogP contribution in [0.4, 0.5) is 5.69 Å². The number of methoxy groups -OCH3 is 1. The highest BCUT2D eigenvalue weighted by Gasteiger charge is 2.32. The van der Waals surface area contributed by atoms with Gasteiger partial charge in [0.1, 0.15) is 17.4 Å². The second-order valence-electron chi connectivity index (χ2n) is 5.46. The lowest BCUT2D eigenvalue weighted by molar-refractivity contribution is -0.145. The number of esters is 1. The van der Waals surface area contributed by atoms with E-state index in [1.54, 1.807) is 24.3 Å². The number of hydrogen-bond donors (Lipinski definition) is 1. The molecule has 1 aliphatic carbocycles. The van der Waals surface area contributed by atoms with Crippen molar-refractivity contribution in [2.75, 3.05) is 12.4 Å². The Hall–Kier alpha value is -2.82. The lowest BCUT2D eigenvalue weighted by Gasteiger charge is -2.27. The van der Waals surface area contributed by atoms with E-state index in [-0.39, 0.29) is 17.6 Å². The van der Waals surface area contributed by atoms with Gasteiger partial charge >= 0.3 is 5.97 Å². The topological polar surface area (TPSA) is 64.6 Å². The number of hydrogen-bond acceptors (Lipinski definition) is 4. The van der Waals surface area contributed by atoms with Gasteiger partial charge in [-0.1, -0.05) is 30.4 Å². The van der Waals surface area contributed by atoms with Crippen LogP contribution >= 0.6 is 0 Å². The summed E-state index contributed by atoms with van der Waals surface area (Å²) in [6, 6.07) is 5.44. The summed E-state index contributed by atoms with van der Waals surface area (Å²) < 4.78 is 10.5. The zero-order valence-corrected chi connectivity index (χ0v) is 12.9. The molecule has 0 radical (unpaired) electrons. The second-order valence-corrected chi connectivity index (χ2v) is 5.46. The molecule has 2 unspecified atom stereocenters. The molecule has 5 heteroatoms. The molecule has 5 nitrogen and oxygen atoms in total. The summed E-state index contributed by atoms with van der Waals surface area (Å²) in [7, 11) is 1.53. The Kier molecular flexibility index (Phi) is 4.02. The SMILES string of the molecule is COc1ccc(C)cc1NC(=O)C1=CC2C=CC=CC2OC1=O. The molecular formula is C18H17NO4. The molecule has 2 atom stereocenters. The maximum absolute atomic E-state index is 12.5. The predicted molar refractivity (Wildman–Crippen MR) is 86.1 cm³/mol. The fourth-order valence-electron chi connectivity index (χ4n) is 2.60. The van der Waals surface area contributed by atoms with Crippen molar-refractivity contribution in [1.82, 2.24) is 0 Å². The van der Waals surface area contributed by atoms with Gasteiger partial charge < -0.3 is 14.8 Å². The number of amides is 1. The van der Waals surface area contributed by atoms with Crippen LogP contribution in [0.2, 0.25) is 0 Å². The fraction of sp³-hybridized carbons (Fsp3) is 0.222. The number of aryl methyl sites for hydroxylation is 1. The van der Waals surface area contributed by atoms with E-state index in [1.807, 2.05) is 31.2 Å². The summed E-state index contributed by atoms with van der Waals surface area (Å²) in [5.41, 5.74) is 1.50. The van der Waals surface area contributed by atoms with Crippen LogP contribution in [0, 0.1) is 12.8 Å². The molecule has 0 spiro atoms. The quantitative estimate of drug-likeness (QED) is 0.688. The monoisotopic (exact) mass is 311 g/mol. The molecule has 1 aliphatic heterocycles. The lowest BCUT2D eigenvalue weighted by atomic mass is 9.92. The van der Waals surface area contributed by atoms with Crippen molar-refractivity contribution < 1.29 is 19.1 Å². The normalized spacial score (nSPS) is 22.0. The van der Waals surface area contributed by atoms with Crippen LogP contribution in [0.25, 0.3) is 0 Å². The first kappa shape index (κ1) is 15.1. The Bertz CT molecular complexity index is 745. The highest BCUT2D eigenvalue weighted by molar-refractivity contribution is 6.21. The average Bonchev–Trinajstić information content (AvgIpc) is 2.54. The van der Waals surface area contributed by atoms with Crippen molar-refractivity contribution in [3.8, 4) is 5.75 Å². The number of carbonyl (C=O) groups excluding carboxylic acids is 2. The van der Waals surface area contributed by atoms with Crippen LogP contribution in [0.1, 0.15) is 5.56 Å². The van der Waals surface area contributed by atoms with Gasteiger partial charge in [0.05, 0.1) is 12.8 Å². The van der Waals surface area contributed by atoms with Crippen LogP contribution in [0.15, 0.2) is 54.2 Å². The predicted octanol–water partition coefficient (Wildman–Crippen LogP) is 2.54. The zero-order valence-electron chi connectivity index (χ0n) is 12.9. The van der Waals surface area contributed by atoms with Crippen LogP contribution < -0.4 is 10.1 Å². The van der Waals surface area contributed by atoms with E-state index in [9.17, 15) is 9.59 Å². The molecule has 0 fully saturated rings. The van der Waals surface area contributed by atoms with E-state index < -0.39 is 11.9 Å². The van der Waals surface area contributed by atoms with E-state index in [2.05, 4.69) is 5.32 Å². The van der Waals surface area contributed by atoms with Gasteiger partial charge in [-0.05, 0) is 30.7 Å². The van der Waals surface area contributed by atoms with Gasteiger partial charge in [-0.15, -0.1) is 0 Å². The molecule has 0 bridgehead atoms. The van der Waals surface area contributed by atoms with E-state index in [1.165, 1.54) is 7.11 Å². The molecule has 1 aromatic rings. The maximum Gasteiger partial charge on any atom is 0.344 e. The molecule has 1 heterocycles. The second kappa shape index (κ2) is 6.12. The number of allylic oxidation sites excluding steroid dienone is 2. The third-order valence-corrected chi connectivity index (χ3v) is 3.79. The highest BCUT2D eigenvalue weighted by atomic mass is 16.5. The summed E-state index contributed by atoms with van der Waals surface area (Å²) in [5, 5.41) is 2.72. The number of fused-ring (bicyclic) bond motifs is 1. The van der Waals surface area contributed by atoms with E-state index in [0.29, 0.717) is 11.4 Å². The van der Waals surface area contributed by atoms with Gasteiger partial charge in [-0.25, -0.2) is 4.79 Å². The molecule has 0 saturated carbocycles. The van der Waals surface area contributed by atoms with Gasteiger partial charge in [0.25, 0.3) is 5.91 Å². The zero-order chi connectivity index (χ0) is 16.4. The van der Waals surface area contributed by atoms with E-state index in [4.69, 9.17) is 9.47 Å². The third-order valence-electron chi connectivity index (χ3n) is 3.79. The minimum absolute atomic E-state index is 0.00904. The number of benzene rings is 1. The Balaban J connectivity index is 1.85. The molecule has 118 valence electrons. The summed E-state index contributed by atoms with van der Waals surface area (Å²) >= 11 is 0. The van der Waals surface area contributed by atoms with Crippen molar-refractivity contribution in [1.29, 1.82) is 0 Å². The van der Waals surface area contributed by atoms with Crippen LogP contribution in [0.5, 0.6) is 5.75 Å². The molecule has 0 aromatic heterocycles. The smallest absolute Gasteiger partial charge is 0.344 e. The molecule has 0 saturated heterocycles. The minimum atomic E-state index is -0.615. The van der Waals surface area contributed by atoms with Crippen molar-refractivity contribution in [3.05, 3.63) is 59.7 Å². The Morgan fingerprint density at radius 2 is 2.04 bits per heavy atom. The first-order chi connectivity index (χ1) is 11.1. The Morgan fingerprint density at radius 1 is 1.26 bits per heavy atom. The molecule has 1 aromatic carbocycles. The number of carbonyl (C=O) groups is 2. The van der Waals surface area contributed by atoms with Crippen molar-refractivity contribution >= 4 is 17.6 Å². The van der Waals surface area contributed by atoms with Crippen molar-refractivity contribution in [2.45, 2.75) is 13.0 Å². The van der Waals surface area contributed by atoms with Gasteiger partial charge in [-0.3, -0.25) is 4.79 Å². The molecule has 23 heavy (non-hydrogen) atoms. The minimum Gasteiger partial charge on any atom is -0.495 e. The molecular weight excluding hydrogens is 294 g/mol. The van der Waals surface area contributed by atoms with Crippen LogP contribution in [-0.2, 0) is 14.3 Å². The van der Waals surface area contributed by atoms with Crippen molar-refractivity contribution in [3.63, 3.8) is 0 Å². The number of rotatable bonds is 3. The largest absolute Gasteiger partial charge is 0.495 e. The lowest BCUT2D eigenvalue weighted by Crippen LogP contribution is -2.34. The van der Waals surface area contributed by atoms with Gasteiger partial charge in [0.2, 0.25) is 0 Å². The summed E-state index contributed by atoms with van der Waals surface area (Å²) in [6.45, 7) is 1.91. The van der Waals surface area contributed by atoms with Crippen molar-refractivity contribution in [2.24, 2.45) is 5.92 Å². The maximum atomic E-state index is 12.5. The van der Waals surface area contributed by atoms with Gasteiger partial charge in [0.15, 0.2) is 0 Å².